The fourth-order valence-electron chi connectivity index (χ4n) is 3.16. The number of carbonyl (C=O) groups is 3. The molecule has 0 bridgehead atoms. The summed E-state index contributed by atoms with van der Waals surface area (Å²) in [4.78, 5) is 49.1. The van der Waals surface area contributed by atoms with Gasteiger partial charge in [0.05, 0.1) is 32.0 Å². The van der Waals surface area contributed by atoms with Crippen molar-refractivity contribution in [3.05, 3.63) is 108 Å². The van der Waals surface area contributed by atoms with E-state index in [4.69, 9.17) is 27.9 Å². The van der Waals surface area contributed by atoms with Crippen molar-refractivity contribution in [2.24, 2.45) is 0 Å². The van der Waals surface area contributed by atoms with Gasteiger partial charge >= 0.3 is 5.97 Å². The Morgan fingerprint density at radius 2 is 1.77 bits per heavy atom. The van der Waals surface area contributed by atoms with E-state index >= 15 is 0 Å². The maximum atomic E-state index is 12.8. The highest BCUT2D eigenvalue weighted by Gasteiger charge is 2.35. The number of hydrogen-bond donors (Lipinski definition) is 0. The van der Waals surface area contributed by atoms with Gasteiger partial charge in [-0.1, -0.05) is 41.4 Å². The van der Waals surface area contributed by atoms with Crippen molar-refractivity contribution >= 4 is 63.8 Å². The zero-order valence-electron chi connectivity index (χ0n) is 17.6. The van der Waals surface area contributed by atoms with Crippen LogP contribution in [0, 0.1) is 10.1 Å². The number of amides is 2. The van der Waals surface area contributed by atoms with Crippen LogP contribution in [-0.4, -0.2) is 26.9 Å². The molecular weight excluding hydrogens is 515 g/mol. The Morgan fingerprint density at radius 3 is 2.46 bits per heavy atom. The molecule has 3 aromatic rings. The summed E-state index contributed by atoms with van der Waals surface area (Å²) in [6, 6.07) is 16.3. The van der Waals surface area contributed by atoms with E-state index in [1.807, 2.05) is 0 Å². The molecule has 1 aliphatic rings. The number of nitro groups is 1. The smallest absolute Gasteiger partial charge is 0.343 e. The zero-order valence-corrected chi connectivity index (χ0v) is 20.0. The fourth-order valence-corrected chi connectivity index (χ4v) is 4.32. The third-order valence-corrected chi connectivity index (χ3v) is 6.52. The number of imide groups is 1. The fraction of sp³-hybridized carbons (Fsp3) is 0.0417. The van der Waals surface area contributed by atoms with E-state index in [0.717, 1.165) is 16.7 Å². The van der Waals surface area contributed by atoms with E-state index < -0.39 is 22.0 Å². The van der Waals surface area contributed by atoms with Crippen molar-refractivity contribution in [1.82, 2.24) is 4.90 Å². The van der Waals surface area contributed by atoms with Gasteiger partial charge in [-0.3, -0.25) is 24.6 Å². The molecule has 3 aromatic carbocycles. The second-order valence-corrected chi connectivity index (χ2v) is 9.09. The minimum absolute atomic E-state index is 0.0474. The predicted molar refractivity (Wildman–Crippen MR) is 132 cm³/mol. The molecule has 1 fully saturated rings. The first-order chi connectivity index (χ1) is 16.7. The average Bonchev–Trinajstić information content (AvgIpc) is 3.09. The van der Waals surface area contributed by atoms with Gasteiger partial charge in [0.1, 0.15) is 5.75 Å². The van der Waals surface area contributed by atoms with Crippen molar-refractivity contribution in [2.45, 2.75) is 6.54 Å². The lowest BCUT2D eigenvalue weighted by atomic mass is 10.2. The Balaban J connectivity index is 1.47. The lowest BCUT2D eigenvalue weighted by Crippen LogP contribution is -2.27. The summed E-state index contributed by atoms with van der Waals surface area (Å²) < 4.78 is 5.34. The van der Waals surface area contributed by atoms with Gasteiger partial charge in [-0.2, -0.15) is 0 Å². The van der Waals surface area contributed by atoms with Crippen LogP contribution in [0.15, 0.2) is 71.6 Å². The van der Waals surface area contributed by atoms with Gasteiger partial charge in [-0.25, -0.2) is 4.79 Å². The van der Waals surface area contributed by atoms with E-state index in [1.54, 1.807) is 36.4 Å². The molecule has 0 aliphatic carbocycles. The van der Waals surface area contributed by atoms with Crippen LogP contribution >= 0.6 is 35.0 Å². The topological polar surface area (TPSA) is 107 Å². The first-order valence-electron chi connectivity index (χ1n) is 9.97. The Hall–Kier alpha value is -3.66. The highest BCUT2D eigenvalue weighted by atomic mass is 35.5. The number of hydrogen-bond acceptors (Lipinski definition) is 7. The molecule has 0 saturated carbocycles. The molecule has 8 nitrogen and oxygen atoms in total. The molecule has 0 atom stereocenters. The molecule has 1 saturated heterocycles. The van der Waals surface area contributed by atoms with Gasteiger partial charge in [-0.15, -0.1) is 0 Å². The quantitative estimate of drug-likeness (QED) is 0.120. The van der Waals surface area contributed by atoms with Crippen LogP contribution in [0.4, 0.5) is 10.5 Å². The highest BCUT2D eigenvalue weighted by Crippen LogP contribution is 2.34. The summed E-state index contributed by atoms with van der Waals surface area (Å²) in [6.07, 6.45) is 1.53. The third kappa shape index (κ3) is 5.71. The van der Waals surface area contributed by atoms with Crippen LogP contribution in [0.1, 0.15) is 21.5 Å². The number of halogens is 2. The normalized spacial score (nSPS) is 14.5. The number of esters is 1. The lowest BCUT2D eigenvalue weighted by Gasteiger charge is -2.13. The first kappa shape index (κ1) is 24.5. The molecule has 0 unspecified atom stereocenters. The summed E-state index contributed by atoms with van der Waals surface area (Å²) >= 11 is 12.7. The van der Waals surface area contributed by atoms with E-state index in [2.05, 4.69) is 0 Å². The zero-order chi connectivity index (χ0) is 25.1. The molecule has 1 aliphatic heterocycles. The second kappa shape index (κ2) is 10.3. The Kier molecular flexibility index (Phi) is 7.20. The standard InChI is InChI=1S/C24H14Cl2N2O6S/c25-19-9-4-15(11-20(19)26)13-27-22(29)21(35-24(27)31)12-14-2-1-3-18(10-14)34-23(30)16-5-7-17(8-6-16)28(32)33/h1-12H,13H2/b21-12-. The number of carbonyl (C=O) groups excluding carboxylic acids is 3. The van der Waals surface area contributed by atoms with Crippen LogP contribution < -0.4 is 4.74 Å². The van der Waals surface area contributed by atoms with E-state index in [0.29, 0.717) is 21.2 Å². The molecule has 0 aromatic heterocycles. The van der Waals surface area contributed by atoms with Crippen molar-refractivity contribution in [3.63, 3.8) is 0 Å². The van der Waals surface area contributed by atoms with Gasteiger partial charge < -0.3 is 4.74 Å². The highest BCUT2D eigenvalue weighted by molar-refractivity contribution is 8.18. The van der Waals surface area contributed by atoms with Crippen LogP contribution in [0.3, 0.4) is 0 Å². The van der Waals surface area contributed by atoms with Crippen molar-refractivity contribution in [3.8, 4) is 5.75 Å². The van der Waals surface area contributed by atoms with E-state index in [-0.39, 0.29) is 28.5 Å². The minimum Gasteiger partial charge on any atom is -0.423 e. The van der Waals surface area contributed by atoms with Crippen molar-refractivity contribution in [1.29, 1.82) is 0 Å². The van der Waals surface area contributed by atoms with Gasteiger partial charge in [0.25, 0.3) is 16.8 Å². The maximum Gasteiger partial charge on any atom is 0.343 e. The van der Waals surface area contributed by atoms with Crippen LogP contribution in [0.2, 0.25) is 10.0 Å². The molecule has 0 N–H and O–H groups in total. The number of thioether (sulfide) groups is 1. The molecule has 35 heavy (non-hydrogen) atoms. The number of benzene rings is 3. The minimum atomic E-state index is -0.695. The number of ether oxygens (including phenoxy) is 1. The second-order valence-electron chi connectivity index (χ2n) is 7.28. The number of nitro benzene ring substituents is 1. The van der Waals surface area contributed by atoms with Crippen molar-refractivity contribution < 1.29 is 24.0 Å². The largest absolute Gasteiger partial charge is 0.423 e. The Bertz CT molecular complexity index is 1390. The van der Waals surface area contributed by atoms with Gasteiger partial charge in [0.2, 0.25) is 0 Å². The SMILES string of the molecule is O=C(Oc1cccc(/C=C2\SC(=O)N(Cc3ccc(Cl)c(Cl)c3)C2=O)c1)c1ccc([N+](=O)[O-])cc1. The summed E-state index contributed by atoms with van der Waals surface area (Å²) in [7, 11) is 0. The molecule has 11 heteroatoms. The number of rotatable bonds is 6. The molecule has 2 amide bonds. The number of non-ortho nitro benzene ring substituents is 1. The molecule has 0 radical (unpaired) electrons. The summed E-state index contributed by atoms with van der Waals surface area (Å²) in [5.41, 5.74) is 1.20. The van der Waals surface area contributed by atoms with Crippen LogP contribution in [-0.2, 0) is 11.3 Å². The van der Waals surface area contributed by atoms with Crippen LogP contribution in [0.25, 0.3) is 6.08 Å². The monoisotopic (exact) mass is 528 g/mol. The molecule has 4 rings (SSSR count). The molecule has 0 spiro atoms. The van der Waals surface area contributed by atoms with Crippen molar-refractivity contribution in [2.75, 3.05) is 0 Å². The van der Waals surface area contributed by atoms with E-state index in [9.17, 15) is 24.5 Å². The van der Waals surface area contributed by atoms with Gasteiger partial charge in [-0.05, 0) is 65.4 Å². The van der Waals surface area contributed by atoms with Crippen LogP contribution in [0.5, 0.6) is 5.75 Å². The van der Waals surface area contributed by atoms with Gasteiger partial charge in [0.15, 0.2) is 0 Å². The lowest BCUT2D eigenvalue weighted by molar-refractivity contribution is -0.384. The Morgan fingerprint density at radius 1 is 1.03 bits per heavy atom. The predicted octanol–water partition coefficient (Wildman–Crippen LogP) is 6.36. The van der Waals surface area contributed by atoms with E-state index in [1.165, 1.54) is 36.4 Å². The third-order valence-electron chi connectivity index (χ3n) is 4.88. The van der Waals surface area contributed by atoms with Gasteiger partial charge in [0, 0.05) is 12.1 Å². The molecule has 1 heterocycles. The molecular formula is C24H14Cl2N2O6S. The average molecular weight is 529 g/mol. The maximum absolute atomic E-state index is 12.8. The number of nitrogens with zero attached hydrogens (tertiary/aromatic N) is 2. The summed E-state index contributed by atoms with van der Waals surface area (Å²) in [6.45, 7) is 0.0474. The first-order valence-corrected chi connectivity index (χ1v) is 11.5. The Labute approximate surface area is 213 Å². The summed E-state index contributed by atoms with van der Waals surface area (Å²) in [5.74, 6) is -0.949. The summed E-state index contributed by atoms with van der Waals surface area (Å²) in [5, 5.41) is 11.0. The molecule has 176 valence electrons.